The molecule has 0 radical (unpaired) electrons. The third-order valence-electron chi connectivity index (χ3n) is 16.8. The van der Waals surface area contributed by atoms with Crippen molar-refractivity contribution < 1.29 is 87.8 Å². The van der Waals surface area contributed by atoms with E-state index < -0.39 is 148 Å². The zero-order valence-electron chi connectivity index (χ0n) is 47.6. The van der Waals surface area contributed by atoms with Crippen LogP contribution in [0.5, 0.6) is 5.75 Å². The van der Waals surface area contributed by atoms with Gasteiger partial charge in [0.15, 0.2) is 12.6 Å². The number of phenols is 1. The molecule has 5 aliphatic rings. The summed E-state index contributed by atoms with van der Waals surface area (Å²) in [6.07, 6.45) is -8.73. The summed E-state index contributed by atoms with van der Waals surface area (Å²) >= 11 is 1.35. The van der Waals surface area contributed by atoms with Gasteiger partial charge in [0, 0.05) is 49.2 Å². The zero-order valence-corrected chi connectivity index (χ0v) is 48.4. The van der Waals surface area contributed by atoms with Crippen molar-refractivity contribution in [2.75, 3.05) is 28.3 Å². The first-order valence-corrected chi connectivity index (χ1v) is 27.5. The minimum Gasteiger partial charge on any atom is -0.508 e. The second-order valence-corrected chi connectivity index (χ2v) is 25.1. The number of thioether (sulfide) groups is 1. The summed E-state index contributed by atoms with van der Waals surface area (Å²) in [5.41, 5.74) is 2.17. The van der Waals surface area contributed by atoms with Crippen LogP contribution in [0.15, 0.2) is 24.3 Å². The Hall–Kier alpha value is -3.56. The number of nitrogens with zero attached hydrogens (tertiary/aromatic N) is 2. The first-order chi connectivity index (χ1) is 35.6. The molecule has 0 spiro atoms. The van der Waals surface area contributed by atoms with Crippen LogP contribution >= 0.6 is 11.8 Å². The molecule has 5 aliphatic heterocycles. The Morgan fingerprint density at radius 1 is 0.896 bits per heavy atom. The Balaban J connectivity index is 0.000000362. The van der Waals surface area contributed by atoms with Gasteiger partial charge in [0.05, 0.1) is 47.6 Å². The molecule has 0 aliphatic carbocycles. The van der Waals surface area contributed by atoms with Crippen molar-refractivity contribution in [1.29, 1.82) is 0 Å². The summed E-state index contributed by atoms with van der Waals surface area (Å²) in [5.74, 6) is -6.41. The maximum atomic E-state index is 14.2. The number of β-lactam (4-membered cyclic amide) rings is 1. The number of rotatable bonds is 12. The van der Waals surface area contributed by atoms with E-state index in [4.69, 9.17) is 38.9 Å². The number of carboxylic acids is 1. The number of hydrogen-bond acceptors (Lipinski definition) is 20. The number of Topliss-reactive ketones (excluding diaryl/α,β-unsaturated/α-hetero) is 1. The van der Waals surface area contributed by atoms with Gasteiger partial charge in [-0.1, -0.05) is 39.8 Å². The Labute approximate surface area is 457 Å². The van der Waals surface area contributed by atoms with E-state index in [1.54, 1.807) is 62.3 Å². The molecule has 5 heterocycles. The van der Waals surface area contributed by atoms with E-state index in [-0.39, 0.29) is 42.9 Å². The van der Waals surface area contributed by atoms with Crippen LogP contribution < -0.4 is 11.1 Å². The summed E-state index contributed by atoms with van der Waals surface area (Å²) in [6.45, 7) is 20.6. The van der Waals surface area contributed by atoms with E-state index in [9.17, 15) is 54.6 Å². The van der Waals surface area contributed by atoms with Crippen LogP contribution in [0.1, 0.15) is 120 Å². The maximum absolute atomic E-state index is 14.2. The number of aromatic hydroxyl groups is 1. The number of methoxy groups -OCH3 is 2. The Bertz CT molecular complexity index is 2220. The molecule has 22 nitrogen and oxygen atoms in total. The first kappa shape index (κ1) is 64.3. The van der Waals surface area contributed by atoms with Crippen LogP contribution in [-0.2, 0) is 57.1 Å². The number of benzene rings is 1. The van der Waals surface area contributed by atoms with Crippen molar-refractivity contribution in [1.82, 2.24) is 15.1 Å². The summed E-state index contributed by atoms with van der Waals surface area (Å²) in [4.78, 5) is 67.5. The molecule has 0 bridgehead atoms. The smallest absolute Gasteiger partial charge is 0.327 e. The average Bonchev–Trinajstić information content (AvgIpc) is 3.65. The SMILES string of the molecule is CC1(C)S[C@@H]2[C@H](NC(=O)[C@H](N)c3ccc(O)cc3)C(=O)N2[C@H]1C(=O)O.CC[C@H]1OC(=O)[C@H](C)[C@@H](O[C@H]2C[C@@](C)(OC)[C@@H](O)[C@H](C)O2)[C@H](C)[C@@H](O[C@@H]2O[C@H](C)C[C@H](N(C)C)[C@H]2O)[C@](C)(OC)C[C@@H](C)C(=O)[C@H](C)[C@@H](O)[C@]1(C)O. The van der Waals surface area contributed by atoms with Gasteiger partial charge in [-0.25, -0.2) is 4.79 Å². The fraction of sp³-hybridized carbons (Fsp3) is 0.796. The molecule has 9 N–H and O–H groups in total. The number of nitrogens with one attached hydrogen (secondary N) is 1. The number of aliphatic hydroxyl groups excluding tert-OH is 3. The number of esters is 1. The van der Waals surface area contributed by atoms with E-state index in [1.807, 2.05) is 32.8 Å². The highest BCUT2D eigenvalue weighted by Crippen LogP contribution is 2.51. The van der Waals surface area contributed by atoms with Crippen LogP contribution in [0.3, 0.4) is 0 Å². The standard InChI is InChI=1S/C38H69NO13.C16H19N3O5S/c1-15-26-38(10,45)31(42)21(4)28(40)19(2)17-37(9,47-14)33(52-35-29(41)25(39(11)12)16-20(3)48-35)22(5)30(23(6)34(44)50-26)51-27-18-36(8,46-13)32(43)24(7)49-27;1-16(2)11(15(23)24)19-13(22)10(14(19)25-16)18-12(21)9(17)7-3-5-8(20)6-4-7/h19-27,29-33,35,41-43,45H,15-18H2,1-14H3;3-6,9-11,14,20H,17H2,1-2H3,(H,18,21)(H,23,24)/t19-,20-,21+,22+,23-,24+,25+,26-,27+,29-,30+,31-,32+,33-,35+,36-,37-,38-;9-,10-,11+,14-/m11/s1. The van der Waals surface area contributed by atoms with Crippen LogP contribution in [0.2, 0.25) is 0 Å². The van der Waals surface area contributed by atoms with Crippen LogP contribution in [0.25, 0.3) is 0 Å². The number of cyclic esters (lactones) is 1. The number of hydrogen-bond donors (Lipinski definition) is 8. The van der Waals surface area contributed by atoms with Crippen molar-refractivity contribution >= 4 is 41.3 Å². The lowest BCUT2D eigenvalue weighted by Gasteiger charge is -2.50. The second kappa shape index (κ2) is 25.1. The topological polar surface area (TPSA) is 316 Å². The minimum absolute atomic E-state index is 0.0606. The largest absolute Gasteiger partial charge is 0.508 e. The van der Waals surface area contributed by atoms with Gasteiger partial charge in [-0.2, -0.15) is 0 Å². The Morgan fingerprint density at radius 2 is 1.49 bits per heavy atom. The normalized spacial score (nSPS) is 42.2. The second-order valence-electron chi connectivity index (χ2n) is 23.3. The van der Waals surface area contributed by atoms with E-state index in [0.29, 0.717) is 12.0 Å². The van der Waals surface area contributed by atoms with Crippen molar-refractivity contribution in [2.24, 2.45) is 29.4 Å². The lowest BCUT2D eigenvalue weighted by Crippen LogP contribution is -2.71. The van der Waals surface area contributed by atoms with E-state index in [1.165, 1.54) is 62.1 Å². The van der Waals surface area contributed by atoms with Gasteiger partial charge in [-0.05, 0) is 106 Å². The molecule has 23 heteroatoms. The third kappa shape index (κ3) is 13.5. The van der Waals surface area contributed by atoms with Crippen molar-refractivity contribution in [3.8, 4) is 5.75 Å². The molecule has 1 aromatic carbocycles. The lowest BCUT2D eigenvalue weighted by molar-refractivity contribution is -0.319. The highest BCUT2D eigenvalue weighted by atomic mass is 32.2. The molecule has 0 unspecified atom stereocenters. The number of phenolic OH excluding ortho intramolecular Hbond substituents is 1. The summed E-state index contributed by atoms with van der Waals surface area (Å²) < 4.78 is 43.2. The number of aliphatic hydroxyl groups is 4. The molecule has 2 amide bonds. The predicted molar refractivity (Wildman–Crippen MR) is 282 cm³/mol. The molecule has 0 aromatic heterocycles. The molecular formula is C54H88N4O18S. The molecule has 77 heavy (non-hydrogen) atoms. The van der Waals surface area contributed by atoms with E-state index >= 15 is 0 Å². The summed E-state index contributed by atoms with van der Waals surface area (Å²) in [5, 5.41) is 66.4. The van der Waals surface area contributed by atoms with Gasteiger partial charge in [0.2, 0.25) is 11.8 Å². The number of aliphatic carboxylic acids is 1. The molecule has 5 saturated heterocycles. The number of carbonyl (C=O) groups excluding carboxylic acids is 4. The molecule has 1 aromatic rings. The molecule has 0 saturated carbocycles. The number of carbonyl (C=O) groups is 5. The highest BCUT2D eigenvalue weighted by Gasteiger charge is 2.64. The molecule has 5 fully saturated rings. The fourth-order valence-electron chi connectivity index (χ4n) is 11.8. The van der Waals surface area contributed by atoms with E-state index in [2.05, 4.69) is 5.32 Å². The number of ketones is 1. The summed E-state index contributed by atoms with van der Waals surface area (Å²) in [7, 11) is 6.77. The average molecular weight is 1110 g/mol. The molecule has 22 atom stereocenters. The van der Waals surface area contributed by atoms with Gasteiger partial charge in [-0.15, -0.1) is 11.8 Å². The van der Waals surface area contributed by atoms with Crippen LogP contribution in [-0.4, -0.2) is 205 Å². The Morgan fingerprint density at radius 3 is 2.04 bits per heavy atom. The van der Waals surface area contributed by atoms with Crippen LogP contribution in [0.4, 0.5) is 0 Å². The number of carboxylic acid groups (broad SMARTS) is 1. The van der Waals surface area contributed by atoms with Gasteiger partial charge in [-0.3, -0.25) is 19.2 Å². The van der Waals surface area contributed by atoms with Gasteiger partial charge in [0.1, 0.15) is 58.9 Å². The van der Waals surface area contributed by atoms with Gasteiger partial charge < -0.3 is 84.6 Å². The Kier molecular flexibility index (Phi) is 20.9. The van der Waals surface area contributed by atoms with Crippen LogP contribution in [0, 0.1) is 23.7 Å². The van der Waals surface area contributed by atoms with E-state index in [0.717, 1.165) is 0 Å². The third-order valence-corrected chi connectivity index (χ3v) is 18.3. The monoisotopic (exact) mass is 1110 g/mol. The minimum atomic E-state index is -1.96. The number of amides is 2. The lowest BCUT2D eigenvalue weighted by atomic mass is 9.74. The molecular weight excluding hydrogens is 1020 g/mol. The van der Waals surface area contributed by atoms with Crippen molar-refractivity contribution in [2.45, 2.75) is 221 Å². The van der Waals surface area contributed by atoms with Gasteiger partial charge in [0.25, 0.3) is 0 Å². The predicted octanol–water partition coefficient (Wildman–Crippen LogP) is 2.46. The number of nitrogens with two attached hydrogens (primary N) is 1. The quantitative estimate of drug-likeness (QED) is 0.110. The first-order valence-electron chi connectivity index (χ1n) is 26.6. The number of likely N-dealkylation sites (N-methyl/N-ethyl adjacent to an activating group) is 1. The number of ether oxygens (including phenoxy) is 7. The van der Waals surface area contributed by atoms with Crippen molar-refractivity contribution in [3.63, 3.8) is 0 Å². The van der Waals surface area contributed by atoms with Crippen molar-refractivity contribution in [3.05, 3.63) is 29.8 Å². The maximum Gasteiger partial charge on any atom is 0.327 e. The highest BCUT2D eigenvalue weighted by molar-refractivity contribution is 8.01. The fourth-order valence-corrected chi connectivity index (χ4v) is 13.4. The number of fused-ring (bicyclic) bond motifs is 1. The zero-order chi connectivity index (χ0) is 58.2. The van der Waals surface area contributed by atoms with Gasteiger partial charge >= 0.3 is 11.9 Å². The molecule has 6 rings (SSSR count). The summed E-state index contributed by atoms with van der Waals surface area (Å²) in [6, 6.07) is 2.92. The molecule has 438 valence electrons.